The van der Waals surface area contributed by atoms with Gasteiger partial charge in [0.15, 0.2) is 0 Å². The number of rotatable bonds is 17. The smallest absolute Gasteiger partial charge is 0.651 e. The van der Waals surface area contributed by atoms with Crippen LogP contribution in [0.2, 0.25) is 0 Å². The van der Waals surface area contributed by atoms with Gasteiger partial charge in [0.2, 0.25) is 11.8 Å². The average molecular weight is 661 g/mol. The molecule has 0 unspecified atom stereocenters. The quantitative estimate of drug-likeness (QED) is 0.0982. The second-order valence-corrected chi connectivity index (χ2v) is 7.51. The second kappa shape index (κ2) is 25.1. The number of ether oxygens (including phenoxy) is 2. The van der Waals surface area contributed by atoms with Crippen molar-refractivity contribution in [3.05, 3.63) is 40.5 Å². The van der Waals surface area contributed by atoms with E-state index in [-0.39, 0.29) is 173 Å². The molecule has 1 rings (SSSR count). The minimum absolute atomic E-state index is 0. The molecule has 0 heterocycles. The predicted molar refractivity (Wildman–Crippen MR) is 129 cm³/mol. The van der Waals surface area contributed by atoms with Gasteiger partial charge in [0, 0.05) is 52.5 Å². The van der Waals surface area contributed by atoms with Crippen molar-refractivity contribution < 1.29 is 150 Å². The van der Waals surface area contributed by atoms with E-state index in [2.05, 4.69) is 21.3 Å². The van der Waals surface area contributed by atoms with Gasteiger partial charge in [0.05, 0.1) is 24.8 Å². The molecule has 0 spiro atoms. The van der Waals surface area contributed by atoms with Crippen LogP contribution in [-0.2, 0) is 39.9 Å². The van der Waals surface area contributed by atoms with Gasteiger partial charge in [-0.3, -0.25) is 14.4 Å². The SMILES string of the molecule is CCCC(=O)OCCCOCC[N-]C(=O)CC(=O)[N-]c1ccc(CC(=O)NCCC(=O)NC)cc1.[Rb+].[Rb+]. The Morgan fingerprint density at radius 1 is 0.892 bits per heavy atom. The van der Waals surface area contributed by atoms with E-state index >= 15 is 0 Å². The first-order valence-corrected chi connectivity index (χ1v) is 11.6. The van der Waals surface area contributed by atoms with E-state index in [0.29, 0.717) is 25.1 Å². The van der Waals surface area contributed by atoms with E-state index in [1.807, 2.05) is 6.92 Å². The molecule has 0 radical (unpaired) electrons. The van der Waals surface area contributed by atoms with Crippen LogP contribution in [0.15, 0.2) is 24.3 Å². The van der Waals surface area contributed by atoms with Crippen molar-refractivity contribution in [1.29, 1.82) is 0 Å². The van der Waals surface area contributed by atoms with Gasteiger partial charge in [0.1, 0.15) is 0 Å². The van der Waals surface area contributed by atoms with E-state index in [0.717, 1.165) is 12.0 Å². The Bertz CT molecular complexity index is 839. The largest absolute Gasteiger partial charge is 1.00 e. The zero-order chi connectivity index (χ0) is 25.9. The van der Waals surface area contributed by atoms with Crippen LogP contribution < -0.4 is 127 Å². The Hall–Kier alpha value is 0.140. The summed E-state index contributed by atoms with van der Waals surface area (Å²) in [5.74, 6) is -1.80. The molecule has 194 valence electrons. The molecule has 0 fully saturated rings. The van der Waals surface area contributed by atoms with E-state index in [4.69, 9.17) is 9.47 Å². The van der Waals surface area contributed by atoms with Gasteiger partial charge in [-0.15, -0.1) is 12.2 Å². The van der Waals surface area contributed by atoms with Crippen molar-refractivity contribution in [2.75, 3.05) is 40.0 Å². The van der Waals surface area contributed by atoms with Crippen molar-refractivity contribution in [2.45, 2.75) is 45.4 Å². The molecule has 13 heteroatoms. The Kier molecular flexibility index (Phi) is 26.7. The zero-order valence-electron chi connectivity index (χ0n) is 22.3. The molecule has 0 aliphatic heterocycles. The number of hydrogen-bond donors (Lipinski definition) is 2. The molecule has 1 aromatic carbocycles. The third-order valence-electron chi connectivity index (χ3n) is 4.48. The van der Waals surface area contributed by atoms with Gasteiger partial charge in [-0.05, 0) is 12.0 Å². The standard InChI is InChI=1S/C24H36N4O7.2Rb/c1-3-5-24(33)35-14-4-13-34-15-12-27-22(31)17-23(32)28-19-8-6-18(7-9-19)16-21(30)26-11-10-20(29)25-2;;/h6-9H,3-5,10-17H2,1-2H3,(H4,25,26,27,28,29,30,31,32);;/q;2*+1/p-2. The maximum Gasteiger partial charge on any atom is 1.00 e. The predicted octanol–water partition coefficient (Wildman–Crippen LogP) is -3.94. The Morgan fingerprint density at radius 2 is 1.59 bits per heavy atom. The molecular formula is C24H34N4O7Rb2. The summed E-state index contributed by atoms with van der Waals surface area (Å²) in [6.45, 7) is 3.17. The van der Waals surface area contributed by atoms with Crippen molar-refractivity contribution in [3.63, 3.8) is 0 Å². The van der Waals surface area contributed by atoms with Crippen LogP contribution in [0.1, 0.15) is 44.6 Å². The van der Waals surface area contributed by atoms with Crippen LogP contribution in [0.5, 0.6) is 0 Å². The third kappa shape index (κ3) is 21.6. The molecular weight excluding hydrogens is 627 g/mol. The molecule has 0 aromatic heterocycles. The summed E-state index contributed by atoms with van der Waals surface area (Å²) in [7, 11) is 1.53. The molecule has 0 aliphatic carbocycles. The molecule has 1 aromatic rings. The zero-order valence-corrected chi connectivity index (χ0v) is 32.2. The van der Waals surface area contributed by atoms with Gasteiger partial charge < -0.3 is 40.3 Å². The summed E-state index contributed by atoms with van der Waals surface area (Å²) in [5.41, 5.74) is 1.09. The summed E-state index contributed by atoms with van der Waals surface area (Å²) < 4.78 is 10.3. The summed E-state index contributed by atoms with van der Waals surface area (Å²) in [6.07, 6.45) is 1.60. The van der Waals surface area contributed by atoms with Gasteiger partial charge in [-0.25, -0.2) is 0 Å². The molecule has 0 saturated carbocycles. The van der Waals surface area contributed by atoms with Crippen molar-refractivity contribution >= 4 is 35.3 Å². The molecule has 2 N–H and O–H groups in total. The Labute approximate surface area is 316 Å². The second-order valence-electron chi connectivity index (χ2n) is 7.51. The minimum Gasteiger partial charge on any atom is -0.651 e. The molecule has 11 nitrogen and oxygen atoms in total. The molecule has 0 saturated heterocycles. The summed E-state index contributed by atoms with van der Waals surface area (Å²) in [5, 5.41) is 12.8. The van der Waals surface area contributed by atoms with Crippen LogP contribution in [-0.4, -0.2) is 69.6 Å². The maximum atomic E-state index is 12.0. The van der Waals surface area contributed by atoms with Crippen LogP contribution >= 0.6 is 0 Å². The molecule has 37 heavy (non-hydrogen) atoms. The Balaban J connectivity index is 0. The van der Waals surface area contributed by atoms with Crippen LogP contribution in [0.25, 0.3) is 10.6 Å². The summed E-state index contributed by atoms with van der Waals surface area (Å²) in [4.78, 5) is 58.0. The number of amides is 4. The van der Waals surface area contributed by atoms with E-state index < -0.39 is 18.2 Å². The first-order valence-electron chi connectivity index (χ1n) is 11.6. The van der Waals surface area contributed by atoms with Crippen molar-refractivity contribution in [3.8, 4) is 0 Å². The summed E-state index contributed by atoms with van der Waals surface area (Å²) >= 11 is 0. The Morgan fingerprint density at radius 3 is 2.24 bits per heavy atom. The number of esters is 1. The van der Waals surface area contributed by atoms with Gasteiger partial charge in [-0.2, -0.15) is 0 Å². The fourth-order valence-corrected chi connectivity index (χ4v) is 2.71. The van der Waals surface area contributed by atoms with Crippen LogP contribution in [0.4, 0.5) is 5.69 Å². The number of nitrogens with one attached hydrogen (secondary N) is 2. The number of carbonyl (C=O) groups excluding carboxylic acids is 5. The summed E-state index contributed by atoms with van der Waals surface area (Å²) in [6, 6.07) is 6.50. The van der Waals surface area contributed by atoms with Crippen molar-refractivity contribution in [1.82, 2.24) is 10.6 Å². The van der Waals surface area contributed by atoms with Gasteiger partial charge >= 0.3 is 122 Å². The van der Waals surface area contributed by atoms with E-state index in [9.17, 15) is 24.0 Å². The number of nitrogens with zero attached hydrogens (tertiary/aromatic N) is 2. The topological polar surface area (TPSA) is 156 Å². The van der Waals surface area contributed by atoms with Gasteiger partial charge in [-0.1, -0.05) is 31.2 Å². The number of hydrogen-bond acceptors (Lipinski definition) is 7. The molecule has 4 amide bonds. The fourth-order valence-electron chi connectivity index (χ4n) is 2.71. The van der Waals surface area contributed by atoms with E-state index in [1.165, 1.54) is 7.05 Å². The average Bonchev–Trinajstić information content (AvgIpc) is 2.82. The first-order chi connectivity index (χ1) is 16.8. The maximum absolute atomic E-state index is 12.0. The first kappa shape index (κ1) is 39.3. The van der Waals surface area contributed by atoms with Gasteiger partial charge in [0.25, 0.3) is 0 Å². The molecule has 0 atom stereocenters. The monoisotopic (exact) mass is 660 g/mol. The number of benzene rings is 1. The minimum atomic E-state index is -0.617. The fraction of sp³-hybridized carbons (Fsp3) is 0.542. The normalized spacial score (nSPS) is 9.68. The number of carbonyl (C=O) groups is 5. The van der Waals surface area contributed by atoms with Crippen molar-refractivity contribution in [2.24, 2.45) is 0 Å². The van der Waals surface area contributed by atoms with Crippen LogP contribution in [0, 0.1) is 0 Å². The van der Waals surface area contributed by atoms with E-state index in [1.54, 1.807) is 24.3 Å². The van der Waals surface area contributed by atoms with Crippen LogP contribution in [0.3, 0.4) is 0 Å². The molecule has 0 bridgehead atoms. The third-order valence-corrected chi connectivity index (χ3v) is 4.48. The molecule has 0 aliphatic rings.